The molecule has 0 N–H and O–H groups in total. The monoisotopic (exact) mass is 401 g/mol. The number of benzene rings is 1. The minimum absolute atomic E-state index is 0.0654. The van der Waals surface area contributed by atoms with Crippen LogP contribution in [0.3, 0.4) is 0 Å². The van der Waals surface area contributed by atoms with Gasteiger partial charge >= 0.3 is 0 Å². The number of fused-ring (bicyclic) bond motifs is 1. The average Bonchev–Trinajstić information content (AvgIpc) is 2.97. The zero-order valence-corrected chi connectivity index (χ0v) is 17.1. The van der Waals surface area contributed by atoms with E-state index in [0.717, 1.165) is 0 Å². The molecule has 2 aliphatic heterocycles. The lowest BCUT2D eigenvalue weighted by Crippen LogP contribution is -2.51. The van der Waals surface area contributed by atoms with Gasteiger partial charge in [0.15, 0.2) is 0 Å². The van der Waals surface area contributed by atoms with Crippen molar-refractivity contribution in [2.45, 2.75) is 20.3 Å². The van der Waals surface area contributed by atoms with Gasteiger partial charge in [0.05, 0.1) is 11.1 Å². The first-order chi connectivity index (χ1) is 13.8. The van der Waals surface area contributed by atoms with E-state index in [4.69, 9.17) is 4.74 Å². The summed E-state index contributed by atoms with van der Waals surface area (Å²) in [4.78, 5) is 54.8. The van der Waals surface area contributed by atoms with Crippen LogP contribution < -0.4 is 0 Å². The molecular weight excluding hydrogens is 374 g/mol. The van der Waals surface area contributed by atoms with Crippen molar-refractivity contribution in [1.82, 2.24) is 14.7 Å². The quantitative estimate of drug-likeness (QED) is 0.529. The second kappa shape index (κ2) is 8.73. The summed E-state index contributed by atoms with van der Waals surface area (Å²) in [5, 5.41) is 0. The molecule has 8 nitrogen and oxygen atoms in total. The van der Waals surface area contributed by atoms with Crippen molar-refractivity contribution in [2.24, 2.45) is 5.92 Å². The fourth-order valence-electron chi connectivity index (χ4n) is 3.67. The standard InChI is InChI=1S/C21H27N3O5/c1-14(2)18(25)22-8-10-23(11-9-22)19(26)15-5-6-16-17(13-15)21(28)24(20(16)27)7-4-12-29-3/h5-6,13-14H,4,7-12H2,1-3H3. The van der Waals surface area contributed by atoms with Crippen molar-refractivity contribution in [3.8, 4) is 0 Å². The van der Waals surface area contributed by atoms with Crippen molar-refractivity contribution >= 4 is 23.6 Å². The number of carbonyl (C=O) groups excluding carboxylic acids is 4. The highest BCUT2D eigenvalue weighted by atomic mass is 16.5. The Labute approximate surface area is 170 Å². The molecule has 3 rings (SSSR count). The largest absolute Gasteiger partial charge is 0.385 e. The van der Waals surface area contributed by atoms with Gasteiger partial charge in [0.25, 0.3) is 17.7 Å². The average molecular weight is 401 g/mol. The molecule has 156 valence electrons. The number of hydrogen-bond acceptors (Lipinski definition) is 5. The molecule has 0 radical (unpaired) electrons. The first-order valence-corrected chi connectivity index (χ1v) is 9.92. The maximum atomic E-state index is 12.9. The lowest BCUT2D eigenvalue weighted by Gasteiger charge is -2.35. The fraction of sp³-hybridized carbons (Fsp3) is 0.524. The number of nitrogens with zero attached hydrogens (tertiary/aromatic N) is 3. The third kappa shape index (κ3) is 4.17. The normalized spacial score (nSPS) is 16.6. The van der Waals surface area contributed by atoms with Gasteiger partial charge < -0.3 is 14.5 Å². The van der Waals surface area contributed by atoms with Crippen molar-refractivity contribution in [2.75, 3.05) is 46.4 Å². The maximum absolute atomic E-state index is 12.9. The molecule has 1 aromatic carbocycles. The number of ether oxygens (including phenoxy) is 1. The van der Waals surface area contributed by atoms with Crippen molar-refractivity contribution in [1.29, 1.82) is 0 Å². The molecule has 1 fully saturated rings. The van der Waals surface area contributed by atoms with Gasteiger partial charge in [0.2, 0.25) is 5.91 Å². The summed E-state index contributed by atoms with van der Waals surface area (Å²) in [7, 11) is 1.57. The lowest BCUT2D eigenvalue weighted by molar-refractivity contribution is -0.135. The van der Waals surface area contributed by atoms with Crippen molar-refractivity contribution < 1.29 is 23.9 Å². The van der Waals surface area contributed by atoms with E-state index in [1.165, 1.54) is 11.0 Å². The molecule has 29 heavy (non-hydrogen) atoms. The molecular formula is C21H27N3O5. The second-order valence-electron chi connectivity index (χ2n) is 7.64. The number of rotatable bonds is 6. The Bertz CT molecular complexity index is 828. The van der Waals surface area contributed by atoms with Crippen molar-refractivity contribution in [3.63, 3.8) is 0 Å². The number of methoxy groups -OCH3 is 1. The van der Waals surface area contributed by atoms with Crippen LogP contribution in [0.25, 0.3) is 0 Å². The van der Waals surface area contributed by atoms with Gasteiger partial charge in [-0.3, -0.25) is 24.1 Å². The molecule has 0 unspecified atom stereocenters. The highest BCUT2D eigenvalue weighted by Gasteiger charge is 2.36. The van der Waals surface area contributed by atoms with Crippen LogP contribution in [0.15, 0.2) is 18.2 Å². The first kappa shape index (κ1) is 21.0. The summed E-state index contributed by atoms with van der Waals surface area (Å²) in [6, 6.07) is 4.66. The van der Waals surface area contributed by atoms with Gasteiger partial charge in [-0.05, 0) is 24.6 Å². The molecule has 0 spiro atoms. The fourth-order valence-corrected chi connectivity index (χ4v) is 3.67. The minimum Gasteiger partial charge on any atom is -0.385 e. The summed E-state index contributed by atoms with van der Waals surface area (Å²) in [6.45, 7) is 6.37. The van der Waals surface area contributed by atoms with E-state index in [1.807, 2.05) is 13.8 Å². The molecule has 1 saturated heterocycles. The summed E-state index contributed by atoms with van der Waals surface area (Å²) in [6.07, 6.45) is 0.563. The summed E-state index contributed by atoms with van der Waals surface area (Å²) < 4.78 is 4.98. The van der Waals surface area contributed by atoms with Crippen LogP contribution in [0.5, 0.6) is 0 Å². The van der Waals surface area contributed by atoms with E-state index >= 15 is 0 Å². The van der Waals surface area contributed by atoms with Crippen LogP contribution >= 0.6 is 0 Å². The van der Waals surface area contributed by atoms with E-state index in [0.29, 0.717) is 50.3 Å². The predicted octanol–water partition coefficient (Wildman–Crippen LogP) is 1.26. The Morgan fingerprint density at radius 1 is 1.00 bits per heavy atom. The van der Waals surface area contributed by atoms with E-state index in [2.05, 4.69) is 0 Å². The maximum Gasteiger partial charge on any atom is 0.261 e. The lowest BCUT2D eigenvalue weighted by atomic mass is 10.0. The number of amides is 4. The SMILES string of the molecule is COCCCN1C(=O)c2ccc(C(=O)N3CCN(C(=O)C(C)C)CC3)cc2C1=O. The topological polar surface area (TPSA) is 87.2 Å². The zero-order valence-electron chi connectivity index (χ0n) is 17.1. The highest BCUT2D eigenvalue weighted by Crippen LogP contribution is 2.25. The Balaban J connectivity index is 1.68. The van der Waals surface area contributed by atoms with Gasteiger partial charge in [-0.2, -0.15) is 0 Å². The van der Waals surface area contributed by atoms with Gasteiger partial charge in [-0.25, -0.2) is 0 Å². The predicted molar refractivity (Wildman–Crippen MR) is 106 cm³/mol. The highest BCUT2D eigenvalue weighted by molar-refractivity contribution is 6.22. The Kier molecular flexibility index (Phi) is 6.32. The van der Waals surface area contributed by atoms with E-state index in [9.17, 15) is 19.2 Å². The summed E-state index contributed by atoms with van der Waals surface area (Å²) in [5.74, 6) is -0.872. The number of carbonyl (C=O) groups is 4. The number of imide groups is 1. The molecule has 0 saturated carbocycles. The van der Waals surface area contributed by atoms with Crippen LogP contribution in [0, 0.1) is 5.92 Å². The van der Waals surface area contributed by atoms with E-state index < -0.39 is 0 Å². The van der Waals surface area contributed by atoms with Crippen LogP contribution in [-0.4, -0.2) is 84.8 Å². The van der Waals surface area contributed by atoms with Crippen LogP contribution in [-0.2, 0) is 9.53 Å². The second-order valence-corrected chi connectivity index (χ2v) is 7.64. The third-order valence-corrected chi connectivity index (χ3v) is 5.32. The Morgan fingerprint density at radius 2 is 1.62 bits per heavy atom. The molecule has 0 aliphatic carbocycles. The van der Waals surface area contributed by atoms with Crippen molar-refractivity contribution in [3.05, 3.63) is 34.9 Å². The summed E-state index contributed by atoms with van der Waals surface area (Å²) >= 11 is 0. The number of piperazine rings is 1. The smallest absolute Gasteiger partial charge is 0.261 e. The molecule has 8 heteroatoms. The molecule has 1 aromatic rings. The van der Waals surface area contributed by atoms with E-state index in [1.54, 1.807) is 29.0 Å². The van der Waals surface area contributed by atoms with Gasteiger partial charge in [0.1, 0.15) is 0 Å². The van der Waals surface area contributed by atoms with E-state index in [-0.39, 0.29) is 41.7 Å². The molecule has 2 heterocycles. The van der Waals surface area contributed by atoms with Crippen LogP contribution in [0.1, 0.15) is 51.3 Å². The molecule has 2 aliphatic rings. The summed E-state index contributed by atoms with van der Waals surface area (Å²) in [5.41, 5.74) is 0.982. The van der Waals surface area contributed by atoms with Crippen LogP contribution in [0.2, 0.25) is 0 Å². The third-order valence-electron chi connectivity index (χ3n) is 5.32. The zero-order chi connectivity index (χ0) is 21.1. The van der Waals surface area contributed by atoms with Gasteiger partial charge in [-0.15, -0.1) is 0 Å². The Hall–Kier alpha value is -2.74. The molecule has 4 amide bonds. The van der Waals surface area contributed by atoms with Crippen LogP contribution in [0.4, 0.5) is 0 Å². The molecule has 0 aromatic heterocycles. The molecule has 0 bridgehead atoms. The van der Waals surface area contributed by atoms with Gasteiger partial charge in [0, 0.05) is 57.9 Å². The minimum atomic E-state index is -0.372. The molecule has 0 atom stereocenters. The van der Waals surface area contributed by atoms with Gasteiger partial charge in [-0.1, -0.05) is 13.8 Å². The first-order valence-electron chi connectivity index (χ1n) is 9.92. The number of hydrogen-bond donors (Lipinski definition) is 0. The Morgan fingerprint density at radius 3 is 2.24 bits per heavy atom.